The second kappa shape index (κ2) is 7.43. The molecule has 0 atom stereocenters. The molecular weight excluding hydrogens is 392 g/mol. The Hall–Kier alpha value is -3.87. The second-order valence-corrected chi connectivity index (χ2v) is 7.69. The van der Waals surface area contributed by atoms with Gasteiger partial charge >= 0.3 is 0 Å². The predicted octanol–water partition coefficient (Wildman–Crippen LogP) is 4.41. The summed E-state index contributed by atoms with van der Waals surface area (Å²) in [4.78, 5) is 12.5. The van der Waals surface area contributed by atoms with E-state index in [1.807, 2.05) is 43.3 Å². The number of nitrogens with zero attached hydrogens (tertiary/aromatic N) is 3. The van der Waals surface area contributed by atoms with Gasteiger partial charge in [0.05, 0.1) is 12.8 Å². The van der Waals surface area contributed by atoms with Crippen LogP contribution in [0.3, 0.4) is 0 Å². The Labute approximate surface area is 179 Å². The lowest BCUT2D eigenvalue weighted by Crippen LogP contribution is -2.15. The van der Waals surface area contributed by atoms with Gasteiger partial charge in [-0.15, -0.1) is 0 Å². The van der Waals surface area contributed by atoms with Crippen molar-refractivity contribution in [2.75, 3.05) is 12.4 Å². The van der Waals surface area contributed by atoms with Gasteiger partial charge in [-0.1, -0.05) is 5.16 Å². The van der Waals surface area contributed by atoms with Crippen molar-refractivity contribution in [3.05, 3.63) is 71.0 Å². The summed E-state index contributed by atoms with van der Waals surface area (Å²) in [7, 11) is 3.43. The van der Waals surface area contributed by atoms with E-state index in [-0.39, 0.29) is 5.91 Å². The number of fused-ring (bicyclic) bond motifs is 3. The van der Waals surface area contributed by atoms with Crippen LogP contribution in [0.5, 0.6) is 5.75 Å². The molecule has 0 saturated heterocycles. The Morgan fingerprint density at radius 1 is 1.13 bits per heavy atom. The van der Waals surface area contributed by atoms with Crippen molar-refractivity contribution in [2.24, 2.45) is 7.05 Å². The van der Waals surface area contributed by atoms with E-state index in [9.17, 15) is 4.79 Å². The highest BCUT2D eigenvalue weighted by molar-refractivity contribution is 6.03. The SMILES string of the molecule is COc1ccc2c(c1)CCc1c-2noc1-c1ccc(NC(=O)c2cc(C)nn2C)cc1. The molecule has 7 nitrogen and oxygen atoms in total. The maximum atomic E-state index is 12.5. The monoisotopic (exact) mass is 414 g/mol. The smallest absolute Gasteiger partial charge is 0.273 e. The molecular formula is C24H22N4O3. The number of amides is 1. The van der Waals surface area contributed by atoms with Crippen LogP contribution in [0.2, 0.25) is 0 Å². The van der Waals surface area contributed by atoms with E-state index in [2.05, 4.69) is 21.6 Å². The molecule has 2 aromatic heterocycles. The third-order valence-corrected chi connectivity index (χ3v) is 5.64. The molecule has 5 rings (SSSR count). The van der Waals surface area contributed by atoms with E-state index in [4.69, 9.17) is 9.26 Å². The topological polar surface area (TPSA) is 82.2 Å². The van der Waals surface area contributed by atoms with Crippen molar-refractivity contribution in [1.29, 1.82) is 0 Å². The molecule has 1 aliphatic carbocycles. The first-order chi connectivity index (χ1) is 15.0. The number of anilines is 1. The zero-order valence-electron chi connectivity index (χ0n) is 17.6. The average molecular weight is 414 g/mol. The van der Waals surface area contributed by atoms with E-state index in [0.29, 0.717) is 11.4 Å². The van der Waals surface area contributed by atoms with Crippen LogP contribution >= 0.6 is 0 Å². The van der Waals surface area contributed by atoms with Crippen LogP contribution in [-0.4, -0.2) is 28.0 Å². The number of carbonyl (C=O) groups is 1. The van der Waals surface area contributed by atoms with Gasteiger partial charge in [0.25, 0.3) is 5.91 Å². The van der Waals surface area contributed by atoms with Crippen molar-refractivity contribution in [1.82, 2.24) is 14.9 Å². The number of carbonyl (C=O) groups excluding carboxylic acids is 1. The highest BCUT2D eigenvalue weighted by Crippen LogP contribution is 2.39. The van der Waals surface area contributed by atoms with Gasteiger partial charge in [0.1, 0.15) is 17.1 Å². The summed E-state index contributed by atoms with van der Waals surface area (Å²) in [5.74, 6) is 1.43. The Kier molecular flexibility index (Phi) is 4.58. The number of hydrogen-bond donors (Lipinski definition) is 1. The molecule has 31 heavy (non-hydrogen) atoms. The summed E-state index contributed by atoms with van der Waals surface area (Å²) in [6, 6.07) is 15.4. The van der Waals surface area contributed by atoms with Crippen molar-refractivity contribution >= 4 is 11.6 Å². The van der Waals surface area contributed by atoms with E-state index in [0.717, 1.165) is 52.4 Å². The first-order valence-electron chi connectivity index (χ1n) is 10.1. The molecule has 2 heterocycles. The molecule has 1 N–H and O–H groups in total. The third kappa shape index (κ3) is 3.38. The summed E-state index contributed by atoms with van der Waals surface area (Å²) >= 11 is 0. The fourth-order valence-corrected chi connectivity index (χ4v) is 4.10. The number of ether oxygens (including phenoxy) is 1. The van der Waals surface area contributed by atoms with Crippen LogP contribution in [0.15, 0.2) is 53.1 Å². The van der Waals surface area contributed by atoms with Gasteiger partial charge in [0, 0.05) is 29.4 Å². The van der Waals surface area contributed by atoms with Crippen LogP contribution in [0, 0.1) is 6.92 Å². The molecule has 1 aliphatic rings. The quantitative estimate of drug-likeness (QED) is 0.535. The Morgan fingerprint density at radius 3 is 2.65 bits per heavy atom. The lowest BCUT2D eigenvalue weighted by molar-refractivity contribution is 0.101. The second-order valence-electron chi connectivity index (χ2n) is 7.69. The summed E-state index contributed by atoms with van der Waals surface area (Å²) in [5, 5.41) is 11.5. The number of aromatic nitrogens is 3. The fraction of sp³-hybridized carbons (Fsp3) is 0.208. The van der Waals surface area contributed by atoms with Gasteiger partial charge in [0.15, 0.2) is 5.76 Å². The third-order valence-electron chi connectivity index (χ3n) is 5.64. The zero-order valence-corrected chi connectivity index (χ0v) is 17.6. The number of benzene rings is 2. The van der Waals surface area contributed by atoms with Gasteiger partial charge in [-0.2, -0.15) is 5.10 Å². The van der Waals surface area contributed by atoms with E-state index >= 15 is 0 Å². The molecule has 0 fully saturated rings. The molecule has 0 bridgehead atoms. The molecule has 4 aromatic rings. The largest absolute Gasteiger partial charge is 0.497 e. The number of hydrogen-bond acceptors (Lipinski definition) is 5. The molecule has 156 valence electrons. The molecule has 0 saturated carbocycles. The normalized spacial score (nSPS) is 12.2. The molecule has 0 spiro atoms. The minimum absolute atomic E-state index is 0.195. The number of aryl methyl sites for hydroxylation is 3. The van der Waals surface area contributed by atoms with E-state index in [1.54, 1.807) is 24.9 Å². The van der Waals surface area contributed by atoms with Crippen molar-refractivity contribution in [3.8, 4) is 28.3 Å². The molecule has 1 amide bonds. The number of nitrogens with one attached hydrogen (secondary N) is 1. The molecule has 0 radical (unpaired) electrons. The zero-order chi connectivity index (χ0) is 21.5. The molecule has 2 aromatic carbocycles. The summed E-state index contributed by atoms with van der Waals surface area (Å²) in [6.07, 6.45) is 1.76. The Morgan fingerprint density at radius 2 is 1.94 bits per heavy atom. The Bertz CT molecular complexity index is 1280. The maximum absolute atomic E-state index is 12.5. The highest BCUT2D eigenvalue weighted by Gasteiger charge is 2.25. The van der Waals surface area contributed by atoms with E-state index in [1.165, 1.54) is 5.56 Å². The van der Waals surface area contributed by atoms with Crippen LogP contribution in [0.4, 0.5) is 5.69 Å². The van der Waals surface area contributed by atoms with Crippen LogP contribution < -0.4 is 10.1 Å². The van der Waals surface area contributed by atoms with Crippen LogP contribution in [0.25, 0.3) is 22.6 Å². The first-order valence-corrected chi connectivity index (χ1v) is 10.1. The standard InChI is InChI=1S/C24H22N4O3/c1-14-12-21(28(2)26-14)24(29)25-17-7-4-15(5-8-17)23-20-10-6-16-13-18(30-3)9-11-19(16)22(20)27-31-23/h4-5,7-9,11-13H,6,10H2,1-3H3,(H,25,29). The van der Waals surface area contributed by atoms with Gasteiger partial charge in [-0.05, 0) is 73.9 Å². The number of methoxy groups -OCH3 is 1. The van der Waals surface area contributed by atoms with Gasteiger partial charge < -0.3 is 14.6 Å². The highest BCUT2D eigenvalue weighted by atomic mass is 16.5. The van der Waals surface area contributed by atoms with E-state index < -0.39 is 0 Å². The van der Waals surface area contributed by atoms with Gasteiger partial charge in [-0.25, -0.2) is 0 Å². The maximum Gasteiger partial charge on any atom is 0.273 e. The summed E-state index contributed by atoms with van der Waals surface area (Å²) in [6.45, 7) is 1.86. The van der Waals surface area contributed by atoms with Gasteiger partial charge in [-0.3, -0.25) is 9.48 Å². The van der Waals surface area contributed by atoms with Crippen molar-refractivity contribution < 1.29 is 14.1 Å². The predicted molar refractivity (Wildman–Crippen MR) is 117 cm³/mol. The number of rotatable bonds is 4. The van der Waals surface area contributed by atoms with Gasteiger partial charge in [0.2, 0.25) is 0 Å². The van der Waals surface area contributed by atoms with Crippen molar-refractivity contribution in [3.63, 3.8) is 0 Å². The lowest BCUT2D eigenvalue weighted by Gasteiger charge is -2.16. The minimum Gasteiger partial charge on any atom is -0.497 e. The van der Waals surface area contributed by atoms with Crippen LogP contribution in [0.1, 0.15) is 27.3 Å². The average Bonchev–Trinajstić information content (AvgIpc) is 3.36. The molecule has 7 heteroatoms. The van der Waals surface area contributed by atoms with Crippen LogP contribution in [-0.2, 0) is 19.9 Å². The molecule has 0 unspecified atom stereocenters. The lowest BCUT2D eigenvalue weighted by atomic mass is 9.88. The minimum atomic E-state index is -0.195. The summed E-state index contributed by atoms with van der Waals surface area (Å²) < 4.78 is 12.7. The summed E-state index contributed by atoms with van der Waals surface area (Å²) in [5.41, 5.74) is 7.27. The first kappa shape index (κ1) is 19.1. The fourth-order valence-electron chi connectivity index (χ4n) is 4.10. The Balaban J connectivity index is 1.39. The molecule has 0 aliphatic heterocycles. The van der Waals surface area contributed by atoms with Crippen molar-refractivity contribution in [2.45, 2.75) is 19.8 Å².